The number of hydrogen-bond donors (Lipinski definition) is 0. The van der Waals surface area contributed by atoms with E-state index in [9.17, 15) is 18.0 Å². The van der Waals surface area contributed by atoms with E-state index >= 15 is 0 Å². The average molecular weight is 320 g/mol. The zero-order chi connectivity index (χ0) is 17.0. The average Bonchev–Trinajstić information content (AvgIpc) is 3.03. The van der Waals surface area contributed by atoms with E-state index in [4.69, 9.17) is 0 Å². The van der Waals surface area contributed by atoms with Crippen molar-refractivity contribution in [1.82, 2.24) is 0 Å². The van der Waals surface area contributed by atoms with E-state index in [0.29, 0.717) is 12.0 Å². The number of hydrogen-bond acceptors (Lipinski definition) is 1. The molecule has 0 N–H and O–H groups in total. The van der Waals surface area contributed by atoms with Gasteiger partial charge < -0.3 is 0 Å². The molecule has 0 aromatic heterocycles. The molecule has 2 atom stereocenters. The van der Waals surface area contributed by atoms with Crippen molar-refractivity contribution in [2.75, 3.05) is 0 Å². The van der Waals surface area contributed by atoms with Crippen LogP contribution >= 0.6 is 0 Å². The highest BCUT2D eigenvalue weighted by atomic mass is 19.4. The monoisotopic (exact) mass is 320 g/mol. The lowest BCUT2D eigenvalue weighted by atomic mass is 9.75. The molecule has 0 aliphatic heterocycles. The molecular weight excluding hydrogens is 301 g/mol. The zero-order valence-corrected chi connectivity index (χ0v) is 13.4. The van der Waals surface area contributed by atoms with Crippen molar-refractivity contribution in [3.05, 3.63) is 53.1 Å². The van der Waals surface area contributed by atoms with E-state index in [1.54, 1.807) is 24.3 Å². The van der Waals surface area contributed by atoms with Gasteiger partial charge in [0.05, 0.1) is 0 Å². The van der Waals surface area contributed by atoms with Crippen LogP contribution in [0.2, 0.25) is 0 Å². The summed E-state index contributed by atoms with van der Waals surface area (Å²) in [6, 6.07) is 8.96. The summed E-state index contributed by atoms with van der Waals surface area (Å²) in [5, 5.41) is 0. The van der Waals surface area contributed by atoms with Gasteiger partial charge in [0.2, 0.25) is 0 Å². The SMILES string of the molecule is CC(C)(C)C1=CC2CC1C(C(=O)C(F)(F)F)=C2c1ccccc1. The van der Waals surface area contributed by atoms with Gasteiger partial charge in [0.1, 0.15) is 0 Å². The van der Waals surface area contributed by atoms with E-state index in [1.165, 1.54) is 0 Å². The summed E-state index contributed by atoms with van der Waals surface area (Å²) >= 11 is 0. The zero-order valence-electron chi connectivity index (χ0n) is 13.4. The van der Waals surface area contributed by atoms with Gasteiger partial charge in [0.15, 0.2) is 0 Å². The predicted molar refractivity (Wildman–Crippen MR) is 83.6 cm³/mol. The lowest BCUT2D eigenvalue weighted by Crippen LogP contribution is -2.30. The van der Waals surface area contributed by atoms with Gasteiger partial charge in [-0.25, -0.2) is 0 Å². The fourth-order valence-electron chi connectivity index (χ4n) is 3.84. The molecule has 2 unspecified atom stereocenters. The molecular formula is C19H19F3O. The largest absolute Gasteiger partial charge is 0.454 e. The number of fused-ring (bicyclic) bond motifs is 2. The highest BCUT2D eigenvalue weighted by Crippen LogP contribution is 2.56. The minimum absolute atomic E-state index is 0.0406. The molecule has 1 aromatic rings. The Balaban J connectivity index is 2.14. The lowest BCUT2D eigenvalue weighted by Gasteiger charge is -2.30. The summed E-state index contributed by atoms with van der Waals surface area (Å²) in [7, 11) is 0. The van der Waals surface area contributed by atoms with Gasteiger partial charge in [-0.3, -0.25) is 4.79 Å². The van der Waals surface area contributed by atoms with Crippen molar-refractivity contribution in [3.8, 4) is 0 Å². The van der Waals surface area contributed by atoms with Crippen LogP contribution in [0.3, 0.4) is 0 Å². The van der Waals surface area contributed by atoms with Gasteiger partial charge in [-0.15, -0.1) is 0 Å². The number of Topliss-reactive ketones (excluding diaryl/α,β-unsaturated/α-hetero) is 1. The number of benzene rings is 1. The van der Waals surface area contributed by atoms with Crippen LogP contribution in [0.4, 0.5) is 13.2 Å². The van der Waals surface area contributed by atoms with Crippen LogP contribution in [-0.2, 0) is 4.79 Å². The fourth-order valence-corrected chi connectivity index (χ4v) is 3.84. The summed E-state index contributed by atoms with van der Waals surface area (Å²) in [4.78, 5) is 12.1. The molecule has 0 radical (unpaired) electrons. The van der Waals surface area contributed by atoms with Crippen LogP contribution in [0.5, 0.6) is 0 Å². The van der Waals surface area contributed by atoms with Crippen LogP contribution in [0.25, 0.3) is 5.57 Å². The van der Waals surface area contributed by atoms with E-state index in [-0.39, 0.29) is 16.9 Å². The molecule has 2 aliphatic carbocycles. The van der Waals surface area contributed by atoms with Crippen molar-refractivity contribution >= 4 is 11.4 Å². The van der Waals surface area contributed by atoms with Gasteiger partial charge >= 0.3 is 6.18 Å². The summed E-state index contributed by atoms with van der Waals surface area (Å²) in [5.41, 5.74) is 1.96. The standard InChI is InChI=1S/C19H19F3O/c1-18(2,3)14-10-12-9-13(14)16(17(23)19(20,21)22)15(12)11-7-5-4-6-8-11/h4-8,10,12-13H,9H2,1-3H3. The van der Waals surface area contributed by atoms with Crippen LogP contribution in [0, 0.1) is 17.3 Å². The van der Waals surface area contributed by atoms with E-state index in [0.717, 1.165) is 11.1 Å². The molecule has 2 aliphatic rings. The number of halogens is 3. The van der Waals surface area contributed by atoms with Crippen LogP contribution in [0.1, 0.15) is 32.8 Å². The van der Waals surface area contributed by atoms with E-state index in [1.807, 2.05) is 26.8 Å². The molecule has 0 saturated carbocycles. The van der Waals surface area contributed by atoms with Gasteiger partial charge in [0.25, 0.3) is 5.78 Å². The minimum atomic E-state index is -4.83. The number of alkyl halides is 3. The molecule has 0 saturated heterocycles. The second-order valence-electron chi connectivity index (χ2n) is 7.29. The molecule has 0 spiro atoms. The maximum Gasteiger partial charge on any atom is 0.454 e. The number of rotatable bonds is 2. The first-order valence-electron chi connectivity index (χ1n) is 7.74. The maximum absolute atomic E-state index is 13.1. The Kier molecular flexibility index (Phi) is 3.54. The first kappa shape index (κ1) is 16.0. The van der Waals surface area contributed by atoms with Gasteiger partial charge in [0, 0.05) is 17.4 Å². The second kappa shape index (κ2) is 5.08. The van der Waals surface area contributed by atoms with Gasteiger partial charge in [-0.2, -0.15) is 13.2 Å². The third kappa shape index (κ3) is 2.64. The number of allylic oxidation sites excluding steroid dienone is 4. The normalized spacial score (nSPS) is 24.2. The number of carbonyl (C=O) groups is 1. The first-order chi connectivity index (χ1) is 10.6. The molecule has 3 rings (SSSR count). The highest BCUT2D eigenvalue weighted by molar-refractivity contribution is 6.09. The predicted octanol–water partition coefficient (Wildman–Crippen LogP) is 5.19. The first-order valence-corrected chi connectivity index (χ1v) is 7.74. The molecule has 0 heterocycles. The lowest BCUT2D eigenvalue weighted by molar-refractivity contribution is -0.166. The molecule has 0 fully saturated rings. The van der Waals surface area contributed by atoms with Crippen molar-refractivity contribution in [2.24, 2.45) is 17.3 Å². The molecule has 122 valence electrons. The Hall–Kier alpha value is -1.84. The van der Waals surface area contributed by atoms with Crippen molar-refractivity contribution in [2.45, 2.75) is 33.4 Å². The summed E-state index contributed by atoms with van der Waals surface area (Å²) in [5.74, 6) is -2.19. The third-order valence-electron chi connectivity index (χ3n) is 4.71. The molecule has 0 amide bonds. The molecule has 4 heteroatoms. The Morgan fingerprint density at radius 1 is 1.09 bits per heavy atom. The minimum Gasteiger partial charge on any atom is -0.284 e. The Morgan fingerprint density at radius 3 is 2.22 bits per heavy atom. The van der Waals surface area contributed by atoms with Crippen LogP contribution in [-0.4, -0.2) is 12.0 Å². The molecule has 1 nitrogen and oxygen atoms in total. The maximum atomic E-state index is 13.1. The quantitative estimate of drug-likeness (QED) is 0.685. The van der Waals surface area contributed by atoms with Crippen molar-refractivity contribution in [3.63, 3.8) is 0 Å². The summed E-state index contributed by atoms with van der Waals surface area (Å²) in [6.07, 6.45) is -2.18. The highest BCUT2D eigenvalue weighted by Gasteiger charge is 2.52. The smallest absolute Gasteiger partial charge is 0.284 e. The van der Waals surface area contributed by atoms with Crippen LogP contribution < -0.4 is 0 Å². The molecule has 23 heavy (non-hydrogen) atoms. The fraction of sp³-hybridized carbons (Fsp3) is 0.421. The summed E-state index contributed by atoms with van der Waals surface area (Å²) < 4.78 is 39.4. The topological polar surface area (TPSA) is 17.1 Å². The number of ketones is 1. The molecule has 2 bridgehead atoms. The van der Waals surface area contributed by atoms with E-state index in [2.05, 4.69) is 6.08 Å². The second-order valence-corrected chi connectivity index (χ2v) is 7.29. The van der Waals surface area contributed by atoms with Crippen LogP contribution in [0.15, 0.2) is 47.6 Å². The van der Waals surface area contributed by atoms with Gasteiger partial charge in [-0.05, 0) is 23.0 Å². The van der Waals surface area contributed by atoms with E-state index < -0.39 is 17.9 Å². The van der Waals surface area contributed by atoms with Gasteiger partial charge in [-0.1, -0.05) is 62.8 Å². The molecule has 1 aromatic carbocycles. The Bertz CT molecular complexity index is 702. The van der Waals surface area contributed by atoms with Crippen molar-refractivity contribution < 1.29 is 18.0 Å². The Morgan fingerprint density at radius 2 is 1.70 bits per heavy atom. The summed E-state index contributed by atoms with van der Waals surface area (Å²) in [6.45, 7) is 5.95. The Labute approximate surface area is 133 Å². The third-order valence-corrected chi connectivity index (χ3v) is 4.71. The van der Waals surface area contributed by atoms with Crippen molar-refractivity contribution in [1.29, 1.82) is 0 Å². The number of carbonyl (C=O) groups excluding carboxylic acids is 1.